The van der Waals surface area contributed by atoms with Crippen LogP contribution in [-0.2, 0) is 14.8 Å². The molecule has 0 radical (unpaired) electrons. The number of hydrogen-bond donors (Lipinski definition) is 1. The van der Waals surface area contributed by atoms with E-state index in [1.54, 1.807) is 42.5 Å². The van der Waals surface area contributed by atoms with Crippen LogP contribution >= 0.6 is 22.6 Å². The van der Waals surface area contributed by atoms with Gasteiger partial charge in [-0.3, -0.25) is 19.2 Å². The maximum absolute atomic E-state index is 13.3. The normalized spacial score (nSPS) is 11.0. The number of nitro benzene ring substituents is 1. The Morgan fingerprint density at radius 1 is 1.03 bits per heavy atom. The third kappa shape index (κ3) is 5.20. The van der Waals surface area contributed by atoms with Crippen LogP contribution in [0.15, 0.2) is 77.7 Å². The van der Waals surface area contributed by atoms with Crippen molar-refractivity contribution in [3.8, 4) is 0 Å². The van der Waals surface area contributed by atoms with Gasteiger partial charge in [-0.05, 0) is 72.0 Å². The van der Waals surface area contributed by atoms with E-state index in [4.69, 9.17) is 0 Å². The molecule has 0 aliphatic heterocycles. The van der Waals surface area contributed by atoms with Gasteiger partial charge in [0.2, 0.25) is 5.91 Å². The molecule has 0 saturated heterocycles. The van der Waals surface area contributed by atoms with Crippen LogP contribution < -0.4 is 9.62 Å². The van der Waals surface area contributed by atoms with Crippen LogP contribution in [0.3, 0.4) is 0 Å². The van der Waals surface area contributed by atoms with Gasteiger partial charge in [0.15, 0.2) is 0 Å². The Hall–Kier alpha value is -2.99. The largest absolute Gasteiger partial charge is 0.324 e. The molecule has 0 aliphatic carbocycles. The highest BCUT2D eigenvalue weighted by molar-refractivity contribution is 14.1. The van der Waals surface area contributed by atoms with Gasteiger partial charge in [0.05, 0.1) is 26.8 Å². The first-order valence-electron chi connectivity index (χ1n) is 9.07. The minimum Gasteiger partial charge on any atom is -0.324 e. The van der Waals surface area contributed by atoms with Crippen molar-refractivity contribution in [1.29, 1.82) is 0 Å². The van der Waals surface area contributed by atoms with Gasteiger partial charge in [0.25, 0.3) is 15.7 Å². The van der Waals surface area contributed by atoms with E-state index in [0.29, 0.717) is 5.69 Å². The monoisotopic (exact) mass is 551 g/mol. The van der Waals surface area contributed by atoms with Gasteiger partial charge < -0.3 is 5.32 Å². The molecule has 0 unspecified atom stereocenters. The maximum Gasteiger partial charge on any atom is 0.274 e. The highest BCUT2D eigenvalue weighted by Gasteiger charge is 2.27. The summed E-state index contributed by atoms with van der Waals surface area (Å²) >= 11 is 2.10. The number of benzene rings is 3. The van der Waals surface area contributed by atoms with E-state index >= 15 is 0 Å². The minimum atomic E-state index is -4.02. The fourth-order valence-corrected chi connectivity index (χ4v) is 4.72. The molecule has 31 heavy (non-hydrogen) atoms. The highest BCUT2D eigenvalue weighted by atomic mass is 127. The number of nitrogens with zero attached hydrogens (tertiary/aromatic N) is 2. The highest BCUT2D eigenvalue weighted by Crippen LogP contribution is 2.27. The summed E-state index contributed by atoms with van der Waals surface area (Å²) in [7, 11) is -4.02. The number of rotatable bonds is 7. The lowest BCUT2D eigenvalue weighted by atomic mass is 10.1. The zero-order valence-electron chi connectivity index (χ0n) is 16.4. The first kappa shape index (κ1) is 22.7. The van der Waals surface area contributed by atoms with Gasteiger partial charge in [0.1, 0.15) is 6.54 Å². The van der Waals surface area contributed by atoms with E-state index in [-0.39, 0.29) is 21.8 Å². The first-order chi connectivity index (χ1) is 14.7. The molecule has 3 rings (SSSR count). The summed E-state index contributed by atoms with van der Waals surface area (Å²) in [6.45, 7) is 1.02. The Balaban J connectivity index is 1.94. The molecule has 3 aromatic carbocycles. The smallest absolute Gasteiger partial charge is 0.274 e. The Morgan fingerprint density at radius 3 is 2.29 bits per heavy atom. The maximum atomic E-state index is 13.3. The summed E-state index contributed by atoms with van der Waals surface area (Å²) < 4.78 is 28.5. The van der Waals surface area contributed by atoms with E-state index in [1.807, 2.05) is 0 Å². The molecule has 0 aromatic heterocycles. The number of hydrogen-bond acceptors (Lipinski definition) is 5. The molecule has 0 aliphatic rings. The summed E-state index contributed by atoms with van der Waals surface area (Å²) in [6.07, 6.45) is 0. The molecule has 10 heteroatoms. The van der Waals surface area contributed by atoms with Gasteiger partial charge in [-0.25, -0.2) is 8.42 Å². The van der Waals surface area contributed by atoms with Gasteiger partial charge in [-0.2, -0.15) is 0 Å². The Kier molecular flexibility index (Phi) is 6.91. The van der Waals surface area contributed by atoms with Crippen molar-refractivity contribution in [2.45, 2.75) is 11.8 Å². The van der Waals surface area contributed by atoms with Gasteiger partial charge in [-0.15, -0.1) is 0 Å². The number of anilines is 2. The third-order valence-corrected chi connectivity index (χ3v) is 7.02. The first-order valence-corrected chi connectivity index (χ1v) is 11.6. The van der Waals surface area contributed by atoms with Crippen LogP contribution in [0.25, 0.3) is 0 Å². The SMILES string of the molecule is Cc1c(NC(=O)CN(c2ccc(I)cc2)S(=O)(=O)c2ccccc2)cccc1[N+](=O)[O-]. The number of nitrogens with one attached hydrogen (secondary N) is 1. The number of sulfonamides is 1. The van der Waals surface area contributed by atoms with E-state index in [1.165, 1.54) is 37.3 Å². The van der Waals surface area contributed by atoms with Crippen molar-refractivity contribution >= 4 is 55.6 Å². The Bertz CT molecular complexity index is 1220. The van der Waals surface area contributed by atoms with Crippen molar-refractivity contribution in [2.75, 3.05) is 16.2 Å². The molecule has 0 heterocycles. The van der Waals surface area contributed by atoms with E-state index in [0.717, 1.165) is 7.88 Å². The molecular weight excluding hydrogens is 533 g/mol. The number of nitro groups is 1. The fraction of sp³-hybridized carbons (Fsp3) is 0.0952. The van der Waals surface area contributed by atoms with Gasteiger partial charge in [0, 0.05) is 9.64 Å². The number of carbonyl (C=O) groups excluding carboxylic acids is 1. The lowest BCUT2D eigenvalue weighted by Gasteiger charge is -2.24. The fourth-order valence-electron chi connectivity index (χ4n) is 2.92. The predicted octanol–water partition coefficient (Wildman–Crippen LogP) is 4.34. The number of halogens is 1. The van der Waals surface area contributed by atoms with Gasteiger partial charge >= 0.3 is 0 Å². The molecule has 3 aromatic rings. The molecule has 0 bridgehead atoms. The van der Waals surface area contributed by atoms with Crippen molar-refractivity contribution in [1.82, 2.24) is 0 Å². The second-order valence-corrected chi connectivity index (χ2v) is 9.66. The summed E-state index contributed by atoms with van der Waals surface area (Å²) in [5.41, 5.74) is 0.728. The predicted molar refractivity (Wildman–Crippen MR) is 127 cm³/mol. The lowest BCUT2D eigenvalue weighted by molar-refractivity contribution is -0.385. The lowest BCUT2D eigenvalue weighted by Crippen LogP contribution is -2.38. The zero-order chi connectivity index (χ0) is 22.6. The number of amides is 1. The van der Waals surface area contributed by atoms with Crippen LogP contribution in [0.5, 0.6) is 0 Å². The molecule has 0 spiro atoms. The quantitative estimate of drug-likeness (QED) is 0.267. The van der Waals surface area contributed by atoms with Crippen LogP contribution in [0.2, 0.25) is 0 Å². The second-order valence-electron chi connectivity index (χ2n) is 6.56. The molecule has 0 saturated carbocycles. The van der Waals surface area contributed by atoms with Crippen molar-refractivity contribution in [2.24, 2.45) is 0 Å². The average Bonchev–Trinajstić information content (AvgIpc) is 2.74. The molecule has 1 amide bonds. The summed E-state index contributed by atoms with van der Waals surface area (Å²) in [4.78, 5) is 23.4. The molecule has 1 N–H and O–H groups in total. The average molecular weight is 551 g/mol. The van der Waals surface area contributed by atoms with Crippen LogP contribution in [0.4, 0.5) is 17.1 Å². The second kappa shape index (κ2) is 9.43. The van der Waals surface area contributed by atoms with E-state index < -0.39 is 27.4 Å². The molecular formula is C21H18IN3O5S. The summed E-state index contributed by atoms with van der Waals surface area (Å²) in [5.74, 6) is -0.623. The molecule has 0 fully saturated rings. The summed E-state index contributed by atoms with van der Waals surface area (Å²) in [5, 5.41) is 13.7. The van der Waals surface area contributed by atoms with Crippen molar-refractivity contribution < 1.29 is 18.1 Å². The summed E-state index contributed by atoms with van der Waals surface area (Å²) in [6, 6.07) is 18.9. The van der Waals surface area contributed by atoms with Gasteiger partial charge in [-0.1, -0.05) is 24.3 Å². The van der Waals surface area contributed by atoms with Crippen molar-refractivity contribution in [3.63, 3.8) is 0 Å². The Labute approximate surface area is 193 Å². The van der Waals surface area contributed by atoms with Crippen LogP contribution in [0, 0.1) is 20.6 Å². The van der Waals surface area contributed by atoms with E-state index in [2.05, 4.69) is 27.9 Å². The van der Waals surface area contributed by atoms with Crippen LogP contribution in [-0.4, -0.2) is 25.8 Å². The minimum absolute atomic E-state index is 0.0490. The standard InChI is InChI=1S/C21H18IN3O5S/c1-15-19(8-5-9-20(15)25(27)28)23-21(26)14-24(17-12-10-16(22)11-13-17)31(29,30)18-6-3-2-4-7-18/h2-13H,14H2,1H3,(H,23,26). The van der Waals surface area contributed by atoms with Crippen molar-refractivity contribution in [3.05, 3.63) is 92.0 Å². The van der Waals surface area contributed by atoms with E-state index in [9.17, 15) is 23.3 Å². The third-order valence-electron chi connectivity index (χ3n) is 4.51. The zero-order valence-corrected chi connectivity index (χ0v) is 19.3. The number of carbonyl (C=O) groups is 1. The Morgan fingerprint density at radius 2 is 1.68 bits per heavy atom. The molecule has 160 valence electrons. The topological polar surface area (TPSA) is 110 Å². The molecule has 0 atom stereocenters. The molecule has 8 nitrogen and oxygen atoms in total. The van der Waals surface area contributed by atoms with Crippen LogP contribution in [0.1, 0.15) is 5.56 Å².